The minimum atomic E-state index is -1.02. The average molecular weight is 320 g/mol. The summed E-state index contributed by atoms with van der Waals surface area (Å²) in [6, 6.07) is 3.35. The Hall–Kier alpha value is -3.30. The van der Waals surface area contributed by atoms with Gasteiger partial charge >= 0.3 is 17.6 Å². The van der Waals surface area contributed by atoms with Crippen LogP contribution in [0.4, 0.5) is 5.69 Å². The predicted molar refractivity (Wildman–Crippen MR) is 74.9 cm³/mol. The Morgan fingerprint density at radius 3 is 2.52 bits per heavy atom. The first-order chi connectivity index (χ1) is 11.0. The fourth-order valence-corrected chi connectivity index (χ4v) is 1.94. The van der Waals surface area contributed by atoms with E-state index in [0.717, 1.165) is 18.9 Å². The number of carbonyl (C=O) groups is 2. The molecular weight excluding hydrogens is 308 g/mol. The highest BCUT2D eigenvalue weighted by Gasteiger charge is 2.37. The largest absolute Gasteiger partial charge is 0.464 e. The average Bonchev–Trinajstić information content (AvgIpc) is 2.93. The van der Waals surface area contributed by atoms with E-state index in [0.29, 0.717) is 5.56 Å². The first kappa shape index (κ1) is 16.1. The van der Waals surface area contributed by atoms with Gasteiger partial charge in [-0.2, -0.15) is 5.10 Å². The van der Waals surface area contributed by atoms with E-state index < -0.39 is 33.9 Å². The van der Waals surface area contributed by atoms with Gasteiger partial charge in [0.25, 0.3) is 0 Å². The molecule has 0 saturated carbocycles. The highest BCUT2D eigenvalue weighted by molar-refractivity contribution is 6.00. The molecule has 0 unspecified atom stereocenters. The number of pyridine rings is 1. The quantitative estimate of drug-likeness (QED) is 0.450. The summed E-state index contributed by atoms with van der Waals surface area (Å²) in [5.41, 5.74) is -1.14. The van der Waals surface area contributed by atoms with Crippen molar-refractivity contribution in [3.63, 3.8) is 0 Å². The van der Waals surface area contributed by atoms with Crippen LogP contribution in [0.5, 0.6) is 0 Å². The van der Waals surface area contributed by atoms with Gasteiger partial charge in [0.15, 0.2) is 0 Å². The predicted octanol–water partition coefficient (Wildman–Crippen LogP) is 0.808. The third-order valence-corrected chi connectivity index (χ3v) is 2.92. The lowest BCUT2D eigenvalue weighted by Gasteiger charge is -2.04. The Morgan fingerprint density at radius 1 is 1.30 bits per heavy atom. The molecule has 2 heterocycles. The van der Waals surface area contributed by atoms with E-state index in [1.807, 2.05) is 0 Å². The number of ether oxygens (including phenoxy) is 2. The van der Waals surface area contributed by atoms with Crippen molar-refractivity contribution in [3.05, 3.63) is 51.6 Å². The maximum absolute atomic E-state index is 11.9. The van der Waals surface area contributed by atoms with Crippen molar-refractivity contribution in [3.8, 4) is 0 Å². The van der Waals surface area contributed by atoms with E-state index in [1.54, 1.807) is 18.3 Å². The standard InChI is InChI=1S/C13H12N4O6/c1-22-12(18)9-10(17(20)21)11(13(19)23-2)16(15-9)7-8-4-3-5-14-6-8/h3-6H,7H2,1-2H3. The minimum Gasteiger partial charge on any atom is -0.464 e. The van der Waals surface area contributed by atoms with Gasteiger partial charge in [0.05, 0.1) is 25.7 Å². The number of nitro groups is 1. The first-order valence-electron chi connectivity index (χ1n) is 6.30. The van der Waals surface area contributed by atoms with Crippen LogP contribution in [0.3, 0.4) is 0 Å². The Balaban J connectivity index is 2.62. The molecule has 2 aromatic heterocycles. The van der Waals surface area contributed by atoms with Crippen LogP contribution in [0.25, 0.3) is 0 Å². The second-order valence-corrected chi connectivity index (χ2v) is 4.31. The fourth-order valence-electron chi connectivity index (χ4n) is 1.94. The lowest BCUT2D eigenvalue weighted by molar-refractivity contribution is -0.385. The van der Waals surface area contributed by atoms with Crippen molar-refractivity contribution in [1.29, 1.82) is 0 Å². The van der Waals surface area contributed by atoms with Crippen molar-refractivity contribution in [2.24, 2.45) is 0 Å². The zero-order valence-electron chi connectivity index (χ0n) is 12.3. The molecule has 120 valence electrons. The van der Waals surface area contributed by atoms with Crippen LogP contribution < -0.4 is 0 Å². The molecule has 0 N–H and O–H groups in total. The number of aromatic nitrogens is 3. The molecule has 10 heteroatoms. The summed E-state index contributed by atoms with van der Waals surface area (Å²) in [6.07, 6.45) is 3.06. The number of methoxy groups -OCH3 is 2. The van der Waals surface area contributed by atoms with Gasteiger partial charge in [0.2, 0.25) is 11.4 Å². The van der Waals surface area contributed by atoms with Crippen LogP contribution in [-0.4, -0.2) is 45.8 Å². The van der Waals surface area contributed by atoms with Crippen LogP contribution in [0.1, 0.15) is 26.5 Å². The van der Waals surface area contributed by atoms with Crippen molar-refractivity contribution < 1.29 is 24.0 Å². The third-order valence-electron chi connectivity index (χ3n) is 2.92. The number of carbonyl (C=O) groups excluding carboxylic acids is 2. The van der Waals surface area contributed by atoms with Crippen molar-refractivity contribution >= 4 is 17.6 Å². The van der Waals surface area contributed by atoms with E-state index in [4.69, 9.17) is 0 Å². The van der Waals surface area contributed by atoms with E-state index in [-0.39, 0.29) is 6.54 Å². The summed E-state index contributed by atoms with van der Waals surface area (Å²) in [5.74, 6) is -2.00. The highest BCUT2D eigenvalue weighted by atomic mass is 16.6. The summed E-state index contributed by atoms with van der Waals surface area (Å²) in [6.45, 7) is -0.00386. The number of rotatable bonds is 5. The Morgan fingerprint density at radius 2 is 2.00 bits per heavy atom. The van der Waals surface area contributed by atoms with Gasteiger partial charge in [0, 0.05) is 12.4 Å². The molecule has 2 rings (SSSR count). The lowest BCUT2D eigenvalue weighted by atomic mass is 10.2. The maximum Gasteiger partial charge on any atom is 0.365 e. The van der Waals surface area contributed by atoms with Crippen LogP contribution >= 0.6 is 0 Å². The Kier molecular flexibility index (Phi) is 4.64. The molecule has 0 saturated heterocycles. The monoisotopic (exact) mass is 320 g/mol. The molecule has 0 aliphatic heterocycles. The number of esters is 2. The molecule has 0 amide bonds. The molecule has 0 spiro atoms. The zero-order valence-corrected chi connectivity index (χ0v) is 12.3. The van der Waals surface area contributed by atoms with Crippen molar-refractivity contribution in [1.82, 2.24) is 14.8 Å². The van der Waals surface area contributed by atoms with Gasteiger partial charge in [-0.25, -0.2) is 14.3 Å². The summed E-state index contributed by atoms with van der Waals surface area (Å²) in [5, 5.41) is 15.1. The highest BCUT2D eigenvalue weighted by Crippen LogP contribution is 2.25. The smallest absolute Gasteiger partial charge is 0.365 e. The molecule has 0 fully saturated rings. The first-order valence-corrected chi connectivity index (χ1v) is 6.30. The Labute approximate surface area is 129 Å². The second-order valence-electron chi connectivity index (χ2n) is 4.31. The van der Waals surface area contributed by atoms with Crippen LogP contribution in [0, 0.1) is 10.1 Å². The summed E-state index contributed by atoms with van der Waals surface area (Å²) in [4.78, 5) is 37.9. The molecular formula is C13H12N4O6. The van der Waals surface area contributed by atoms with Gasteiger partial charge in [-0.15, -0.1) is 0 Å². The zero-order chi connectivity index (χ0) is 17.0. The molecule has 23 heavy (non-hydrogen) atoms. The summed E-state index contributed by atoms with van der Waals surface area (Å²) >= 11 is 0. The van der Waals surface area contributed by atoms with Crippen molar-refractivity contribution in [2.75, 3.05) is 14.2 Å². The minimum absolute atomic E-state index is 0.00386. The molecule has 0 radical (unpaired) electrons. The van der Waals surface area contributed by atoms with Gasteiger partial charge < -0.3 is 9.47 Å². The molecule has 0 aliphatic carbocycles. The van der Waals surface area contributed by atoms with Gasteiger partial charge in [0.1, 0.15) is 0 Å². The fraction of sp³-hybridized carbons (Fsp3) is 0.231. The van der Waals surface area contributed by atoms with Gasteiger partial charge in [-0.05, 0) is 11.6 Å². The SMILES string of the molecule is COC(=O)c1nn(Cc2cccnc2)c(C(=O)OC)c1[N+](=O)[O-]. The number of hydrogen-bond acceptors (Lipinski definition) is 8. The van der Waals surface area contributed by atoms with E-state index in [1.165, 1.54) is 6.20 Å². The molecule has 0 aliphatic rings. The molecule has 0 aromatic carbocycles. The van der Waals surface area contributed by atoms with E-state index in [2.05, 4.69) is 19.6 Å². The number of hydrogen-bond donors (Lipinski definition) is 0. The lowest BCUT2D eigenvalue weighted by Crippen LogP contribution is -2.14. The second kappa shape index (κ2) is 6.64. The van der Waals surface area contributed by atoms with E-state index >= 15 is 0 Å². The molecule has 10 nitrogen and oxygen atoms in total. The normalized spacial score (nSPS) is 10.2. The summed E-state index contributed by atoms with van der Waals surface area (Å²) < 4.78 is 10.1. The van der Waals surface area contributed by atoms with Gasteiger partial charge in [-0.1, -0.05) is 6.07 Å². The molecule has 0 atom stereocenters. The van der Waals surface area contributed by atoms with Crippen LogP contribution in [-0.2, 0) is 16.0 Å². The number of nitrogens with zero attached hydrogens (tertiary/aromatic N) is 4. The van der Waals surface area contributed by atoms with E-state index in [9.17, 15) is 19.7 Å². The molecule has 2 aromatic rings. The third kappa shape index (κ3) is 3.15. The van der Waals surface area contributed by atoms with Crippen LogP contribution in [0.15, 0.2) is 24.5 Å². The van der Waals surface area contributed by atoms with Crippen molar-refractivity contribution in [2.45, 2.75) is 6.54 Å². The molecule has 0 bridgehead atoms. The topological polar surface area (TPSA) is 126 Å². The maximum atomic E-state index is 11.9. The van der Waals surface area contributed by atoms with Gasteiger partial charge in [-0.3, -0.25) is 15.1 Å². The van der Waals surface area contributed by atoms with Crippen LogP contribution in [0.2, 0.25) is 0 Å². The summed E-state index contributed by atoms with van der Waals surface area (Å²) in [7, 11) is 2.13. The Bertz CT molecular complexity index is 755.